The number of carbonyl (C=O) groups is 1. The molecule has 0 unspecified atom stereocenters. The zero-order valence-corrected chi connectivity index (χ0v) is 12.7. The van der Waals surface area contributed by atoms with Gasteiger partial charge >= 0.3 is 0 Å². The summed E-state index contributed by atoms with van der Waals surface area (Å²) in [5, 5.41) is 0. The molecule has 1 aliphatic carbocycles. The largest absolute Gasteiger partial charge is 0.289 e. The molecular weight excluding hydrogens is 289 g/mol. The summed E-state index contributed by atoms with van der Waals surface area (Å²) in [7, 11) is 0. The highest BCUT2D eigenvalue weighted by Gasteiger charge is 2.12. The predicted octanol–water partition coefficient (Wildman–Crippen LogP) is 4.63. The lowest BCUT2D eigenvalue weighted by molar-refractivity contribution is 0.104. The van der Waals surface area contributed by atoms with Crippen LogP contribution < -0.4 is 0 Å². The van der Waals surface area contributed by atoms with Gasteiger partial charge in [-0.15, -0.1) is 0 Å². The van der Waals surface area contributed by atoms with E-state index in [-0.39, 0.29) is 17.5 Å². The Morgan fingerprint density at radius 1 is 1.09 bits per heavy atom. The molecule has 0 spiro atoms. The van der Waals surface area contributed by atoms with E-state index in [0.717, 1.165) is 11.3 Å². The molecular formula is C20H16FNO. The van der Waals surface area contributed by atoms with Gasteiger partial charge in [-0.2, -0.15) is 0 Å². The van der Waals surface area contributed by atoms with Gasteiger partial charge in [-0.3, -0.25) is 9.78 Å². The topological polar surface area (TPSA) is 30.0 Å². The predicted molar refractivity (Wildman–Crippen MR) is 89.8 cm³/mol. The average Bonchev–Trinajstić information content (AvgIpc) is 3.08. The maximum absolute atomic E-state index is 12.9. The fourth-order valence-corrected chi connectivity index (χ4v) is 2.49. The van der Waals surface area contributed by atoms with Crippen LogP contribution in [0.4, 0.5) is 4.39 Å². The van der Waals surface area contributed by atoms with Crippen LogP contribution in [0, 0.1) is 12.7 Å². The van der Waals surface area contributed by atoms with Gasteiger partial charge in [0.2, 0.25) is 0 Å². The molecule has 3 heteroatoms. The first-order valence-electron chi connectivity index (χ1n) is 7.44. The molecule has 23 heavy (non-hydrogen) atoms. The molecule has 0 bridgehead atoms. The number of ketones is 1. The van der Waals surface area contributed by atoms with Gasteiger partial charge in [0.25, 0.3) is 0 Å². The number of rotatable bonds is 4. The van der Waals surface area contributed by atoms with Crippen LogP contribution >= 0.6 is 0 Å². The maximum Gasteiger partial charge on any atom is 0.187 e. The summed E-state index contributed by atoms with van der Waals surface area (Å²) in [4.78, 5) is 16.8. The first-order valence-corrected chi connectivity index (χ1v) is 7.44. The second-order valence-electron chi connectivity index (χ2n) is 5.41. The Balaban J connectivity index is 1.78. The summed E-state index contributed by atoms with van der Waals surface area (Å²) in [6.45, 7) is 1.84. The standard InChI is InChI=1S/C20H16FNO/c1-14-18(11-12-19(22-14)16-4-2-3-5-16)20(23)13-8-15-6-9-17(21)10-7-15/h2-13,16H,1H3. The summed E-state index contributed by atoms with van der Waals surface area (Å²) < 4.78 is 12.9. The number of nitrogens with zero attached hydrogens (tertiary/aromatic N) is 1. The highest BCUT2D eigenvalue weighted by molar-refractivity contribution is 6.07. The van der Waals surface area contributed by atoms with Crippen molar-refractivity contribution in [3.05, 3.63) is 95.1 Å². The minimum atomic E-state index is -0.292. The van der Waals surface area contributed by atoms with Gasteiger partial charge in [0, 0.05) is 17.2 Å². The smallest absolute Gasteiger partial charge is 0.187 e. The van der Waals surface area contributed by atoms with Gasteiger partial charge < -0.3 is 0 Å². The molecule has 0 aliphatic heterocycles. The van der Waals surface area contributed by atoms with Gasteiger partial charge in [0.05, 0.1) is 5.69 Å². The second kappa shape index (κ2) is 6.53. The van der Waals surface area contributed by atoms with E-state index in [0.29, 0.717) is 11.3 Å². The van der Waals surface area contributed by atoms with Crippen LogP contribution in [0.1, 0.15) is 33.2 Å². The molecule has 1 aromatic carbocycles. The first-order chi connectivity index (χ1) is 11.1. The molecule has 0 radical (unpaired) electrons. The number of hydrogen-bond donors (Lipinski definition) is 0. The number of benzene rings is 1. The molecule has 0 atom stereocenters. The van der Waals surface area contributed by atoms with Crippen LogP contribution in [0.5, 0.6) is 0 Å². The van der Waals surface area contributed by atoms with Gasteiger partial charge in [-0.05, 0) is 42.8 Å². The third-order valence-electron chi connectivity index (χ3n) is 3.76. The van der Waals surface area contributed by atoms with Crippen molar-refractivity contribution in [3.63, 3.8) is 0 Å². The van der Waals surface area contributed by atoms with E-state index >= 15 is 0 Å². The number of carbonyl (C=O) groups excluding carboxylic acids is 1. The molecule has 2 nitrogen and oxygen atoms in total. The summed E-state index contributed by atoms with van der Waals surface area (Å²) in [6, 6.07) is 9.70. The average molecular weight is 305 g/mol. The molecule has 0 amide bonds. The highest BCUT2D eigenvalue weighted by atomic mass is 19.1. The summed E-state index contributed by atoms with van der Waals surface area (Å²) in [5.41, 5.74) is 3.01. The molecule has 0 saturated heterocycles. The lowest BCUT2D eigenvalue weighted by Crippen LogP contribution is -2.03. The number of allylic oxidation sites excluding steroid dienone is 5. The van der Waals surface area contributed by atoms with Crippen molar-refractivity contribution < 1.29 is 9.18 Å². The fraction of sp³-hybridized carbons (Fsp3) is 0.100. The maximum atomic E-state index is 12.9. The molecule has 2 aromatic rings. The first kappa shape index (κ1) is 15.1. The molecule has 3 rings (SSSR count). The molecule has 0 saturated carbocycles. The van der Waals surface area contributed by atoms with Crippen LogP contribution in [0.15, 0.2) is 66.8 Å². The summed E-state index contributed by atoms with van der Waals surface area (Å²) in [6.07, 6.45) is 11.3. The zero-order chi connectivity index (χ0) is 16.2. The van der Waals surface area contributed by atoms with Crippen molar-refractivity contribution in [2.45, 2.75) is 12.8 Å². The van der Waals surface area contributed by atoms with Crippen LogP contribution in [0.2, 0.25) is 0 Å². The Morgan fingerprint density at radius 2 is 1.78 bits per heavy atom. The number of aryl methyl sites for hydroxylation is 1. The third-order valence-corrected chi connectivity index (χ3v) is 3.76. The van der Waals surface area contributed by atoms with E-state index in [1.54, 1.807) is 18.2 Å². The van der Waals surface area contributed by atoms with Crippen molar-refractivity contribution in [1.82, 2.24) is 4.98 Å². The lowest BCUT2D eigenvalue weighted by Gasteiger charge is -2.08. The Bertz CT molecular complexity index is 804. The van der Waals surface area contributed by atoms with E-state index in [4.69, 9.17) is 0 Å². The highest BCUT2D eigenvalue weighted by Crippen LogP contribution is 2.22. The van der Waals surface area contributed by atoms with Crippen molar-refractivity contribution in [2.75, 3.05) is 0 Å². The Morgan fingerprint density at radius 3 is 2.43 bits per heavy atom. The molecule has 0 N–H and O–H groups in total. The van der Waals surface area contributed by atoms with Crippen LogP contribution in [-0.4, -0.2) is 10.8 Å². The number of pyridine rings is 1. The van der Waals surface area contributed by atoms with E-state index in [2.05, 4.69) is 17.1 Å². The number of hydrogen-bond acceptors (Lipinski definition) is 2. The third kappa shape index (κ3) is 3.51. The van der Waals surface area contributed by atoms with E-state index in [1.807, 2.05) is 31.2 Å². The van der Waals surface area contributed by atoms with Gasteiger partial charge in [-0.1, -0.05) is 42.5 Å². The minimum absolute atomic E-state index is 0.108. The zero-order valence-electron chi connectivity index (χ0n) is 12.7. The summed E-state index contributed by atoms with van der Waals surface area (Å²) >= 11 is 0. The molecule has 0 fully saturated rings. The quantitative estimate of drug-likeness (QED) is 0.608. The van der Waals surface area contributed by atoms with Crippen molar-refractivity contribution in [2.24, 2.45) is 0 Å². The van der Waals surface area contributed by atoms with E-state index in [9.17, 15) is 9.18 Å². The Labute approximate surface area is 134 Å². The van der Waals surface area contributed by atoms with Crippen LogP contribution in [0.3, 0.4) is 0 Å². The van der Waals surface area contributed by atoms with Crippen molar-refractivity contribution in [1.29, 1.82) is 0 Å². The van der Waals surface area contributed by atoms with Crippen molar-refractivity contribution >= 4 is 11.9 Å². The normalized spacial score (nSPS) is 14.0. The monoisotopic (exact) mass is 305 g/mol. The number of halogens is 1. The fourth-order valence-electron chi connectivity index (χ4n) is 2.49. The SMILES string of the molecule is Cc1nc(C2C=CC=C2)ccc1C(=O)C=Cc1ccc(F)cc1. The van der Waals surface area contributed by atoms with E-state index in [1.165, 1.54) is 18.2 Å². The minimum Gasteiger partial charge on any atom is -0.289 e. The second-order valence-corrected chi connectivity index (χ2v) is 5.41. The Kier molecular flexibility index (Phi) is 4.29. The molecule has 114 valence electrons. The van der Waals surface area contributed by atoms with Gasteiger partial charge in [-0.25, -0.2) is 4.39 Å². The molecule has 1 aromatic heterocycles. The van der Waals surface area contributed by atoms with Crippen LogP contribution in [0.25, 0.3) is 6.08 Å². The Hall–Kier alpha value is -2.81. The molecule has 1 heterocycles. The van der Waals surface area contributed by atoms with E-state index < -0.39 is 0 Å². The molecule has 1 aliphatic rings. The summed E-state index contributed by atoms with van der Waals surface area (Å²) in [5.74, 6) is -0.213. The number of aromatic nitrogens is 1. The van der Waals surface area contributed by atoms with Crippen molar-refractivity contribution in [3.8, 4) is 0 Å². The van der Waals surface area contributed by atoms with Crippen LogP contribution in [-0.2, 0) is 0 Å². The van der Waals surface area contributed by atoms with Gasteiger partial charge in [0.1, 0.15) is 5.82 Å². The lowest BCUT2D eigenvalue weighted by atomic mass is 10.0. The van der Waals surface area contributed by atoms with Gasteiger partial charge in [0.15, 0.2) is 5.78 Å².